The number of halogens is 1. The maximum atomic E-state index is 14.5. The zero-order valence-corrected chi connectivity index (χ0v) is 14.9. The molecule has 6 heteroatoms. The van der Waals surface area contributed by atoms with Gasteiger partial charge in [0, 0.05) is 28.2 Å². The maximum Gasteiger partial charge on any atom is 0.262 e. The SMILES string of the molecule is O=C(NC1CCNC1)c1sc2cccc(F)c2c1COc1ccccc1. The van der Waals surface area contributed by atoms with Gasteiger partial charge in [0.15, 0.2) is 0 Å². The smallest absolute Gasteiger partial charge is 0.262 e. The first kappa shape index (κ1) is 17.0. The lowest BCUT2D eigenvalue weighted by atomic mass is 10.1. The van der Waals surface area contributed by atoms with Crippen LogP contribution in [0.3, 0.4) is 0 Å². The lowest BCUT2D eigenvalue weighted by Gasteiger charge is -2.12. The Balaban J connectivity index is 1.66. The average molecular weight is 370 g/mol. The molecule has 4 nitrogen and oxygen atoms in total. The Bertz CT molecular complexity index is 920. The summed E-state index contributed by atoms with van der Waals surface area (Å²) in [4.78, 5) is 13.3. The number of ether oxygens (including phenoxy) is 1. The molecule has 1 fully saturated rings. The van der Waals surface area contributed by atoms with E-state index in [9.17, 15) is 9.18 Å². The second-order valence-electron chi connectivity index (χ2n) is 6.29. The molecular formula is C20H19FN2O2S. The van der Waals surface area contributed by atoms with Gasteiger partial charge in [-0.2, -0.15) is 0 Å². The number of benzene rings is 2. The van der Waals surface area contributed by atoms with Crippen molar-refractivity contribution < 1.29 is 13.9 Å². The fourth-order valence-corrected chi connectivity index (χ4v) is 4.31. The van der Waals surface area contributed by atoms with Crippen LogP contribution < -0.4 is 15.4 Å². The fraction of sp³-hybridized carbons (Fsp3) is 0.250. The minimum absolute atomic E-state index is 0.112. The molecule has 26 heavy (non-hydrogen) atoms. The monoisotopic (exact) mass is 370 g/mol. The summed E-state index contributed by atoms with van der Waals surface area (Å²) in [5.74, 6) is 0.201. The molecule has 1 aliphatic rings. The van der Waals surface area contributed by atoms with Crippen LogP contribution in [-0.4, -0.2) is 25.0 Å². The van der Waals surface area contributed by atoms with Gasteiger partial charge >= 0.3 is 0 Å². The normalized spacial score (nSPS) is 16.7. The van der Waals surface area contributed by atoms with Crippen LogP contribution >= 0.6 is 11.3 Å². The molecule has 0 saturated carbocycles. The number of amides is 1. The van der Waals surface area contributed by atoms with Gasteiger partial charge in [-0.15, -0.1) is 11.3 Å². The predicted molar refractivity (Wildman–Crippen MR) is 101 cm³/mol. The molecule has 3 aromatic rings. The number of thiophene rings is 1. The van der Waals surface area contributed by atoms with E-state index in [1.54, 1.807) is 6.07 Å². The van der Waals surface area contributed by atoms with Crippen molar-refractivity contribution in [2.45, 2.75) is 19.1 Å². The van der Waals surface area contributed by atoms with Gasteiger partial charge in [-0.05, 0) is 37.2 Å². The Hall–Kier alpha value is -2.44. The average Bonchev–Trinajstić information content (AvgIpc) is 3.29. The van der Waals surface area contributed by atoms with Crippen LogP contribution in [0.25, 0.3) is 10.1 Å². The van der Waals surface area contributed by atoms with Crippen LogP contribution in [0, 0.1) is 5.82 Å². The van der Waals surface area contributed by atoms with Gasteiger partial charge in [-0.25, -0.2) is 4.39 Å². The van der Waals surface area contributed by atoms with Crippen molar-refractivity contribution in [2.75, 3.05) is 13.1 Å². The van der Waals surface area contributed by atoms with Crippen LogP contribution in [0.2, 0.25) is 0 Å². The molecule has 0 spiro atoms. The zero-order chi connectivity index (χ0) is 17.9. The number of hydrogen-bond acceptors (Lipinski definition) is 4. The van der Waals surface area contributed by atoms with Crippen molar-refractivity contribution in [3.05, 3.63) is 64.8 Å². The molecule has 2 aromatic carbocycles. The van der Waals surface area contributed by atoms with Crippen molar-refractivity contribution in [2.24, 2.45) is 0 Å². The largest absolute Gasteiger partial charge is 0.489 e. The summed E-state index contributed by atoms with van der Waals surface area (Å²) >= 11 is 1.31. The summed E-state index contributed by atoms with van der Waals surface area (Å²) in [6, 6.07) is 14.4. The molecule has 1 aromatic heterocycles. The zero-order valence-electron chi connectivity index (χ0n) is 14.1. The van der Waals surface area contributed by atoms with Crippen LogP contribution in [0.15, 0.2) is 48.5 Å². The Morgan fingerprint density at radius 2 is 2.08 bits per heavy atom. The first-order chi connectivity index (χ1) is 12.7. The number of fused-ring (bicyclic) bond motifs is 1. The van der Waals surface area contributed by atoms with Crippen molar-refractivity contribution in [1.82, 2.24) is 10.6 Å². The highest BCUT2D eigenvalue weighted by Crippen LogP contribution is 2.34. The molecule has 1 saturated heterocycles. The van der Waals surface area contributed by atoms with Gasteiger partial charge in [-0.1, -0.05) is 24.3 Å². The quantitative estimate of drug-likeness (QED) is 0.720. The summed E-state index contributed by atoms with van der Waals surface area (Å²) in [7, 11) is 0. The highest BCUT2D eigenvalue weighted by molar-refractivity contribution is 7.21. The number of rotatable bonds is 5. The summed E-state index contributed by atoms with van der Waals surface area (Å²) in [6.45, 7) is 1.81. The number of carbonyl (C=O) groups excluding carboxylic acids is 1. The molecule has 1 unspecified atom stereocenters. The van der Waals surface area contributed by atoms with Crippen LogP contribution in [0.4, 0.5) is 4.39 Å². The van der Waals surface area contributed by atoms with Crippen molar-refractivity contribution in [3.63, 3.8) is 0 Å². The maximum absolute atomic E-state index is 14.5. The summed E-state index contributed by atoms with van der Waals surface area (Å²) < 4.78 is 21.0. The third-order valence-electron chi connectivity index (χ3n) is 4.49. The molecule has 2 heterocycles. The summed E-state index contributed by atoms with van der Waals surface area (Å²) in [6.07, 6.45) is 0.904. The summed E-state index contributed by atoms with van der Waals surface area (Å²) in [5, 5.41) is 6.75. The van der Waals surface area contributed by atoms with Crippen molar-refractivity contribution in [3.8, 4) is 5.75 Å². The van der Waals surface area contributed by atoms with Gasteiger partial charge in [0.2, 0.25) is 0 Å². The Morgan fingerprint density at radius 3 is 2.85 bits per heavy atom. The van der Waals surface area contributed by atoms with Gasteiger partial charge < -0.3 is 15.4 Å². The molecule has 134 valence electrons. The van der Waals surface area contributed by atoms with E-state index in [1.165, 1.54) is 17.4 Å². The molecular weight excluding hydrogens is 351 g/mol. The van der Waals surface area contributed by atoms with Crippen LogP contribution in [-0.2, 0) is 6.61 Å². The number of para-hydroxylation sites is 1. The van der Waals surface area contributed by atoms with E-state index >= 15 is 0 Å². The van der Waals surface area contributed by atoms with E-state index in [2.05, 4.69) is 10.6 Å². The standard InChI is InChI=1S/C20H19FN2O2S/c21-16-7-4-8-17-18(16)15(12-25-14-5-2-1-3-6-14)19(26-17)20(24)23-13-9-10-22-11-13/h1-8,13,22H,9-12H2,(H,23,24). The first-order valence-corrected chi connectivity index (χ1v) is 9.43. The van der Waals surface area contributed by atoms with Gasteiger partial charge in [0.25, 0.3) is 5.91 Å². The number of carbonyl (C=O) groups is 1. The van der Waals surface area contributed by atoms with E-state index in [-0.39, 0.29) is 24.4 Å². The Labute approximate surface area is 155 Å². The molecule has 4 rings (SSSR count). The molecule has 0 radical (unpaired) electrons. The van der Waals surface area contributed by atoms with Gasteiger partial charge in [0.05, 0.1) is 4.88 Å². The van der Waals surface area contributed by atoms with Gasteiger partial charge in [0.1, 0.15) is 18.2 Å². The van der Waals surface area contributed by atoms with Crippen LogP contribution in [0.1, 0.15) is 21.7 Å². The highest BCUT2D eigenvalue weighted by atomic mass is 32.1. The van der Waals surface area contributed by atoms with E-state index < -0.39 is 0 Å². The van der Waals surface area contributed by atoms with E-state index in [1.807, 2.05) is 36.4 Å². The van der Waals surface area contributed by atoms with E-state index in [0.717, 1.165) is 24.2 Å². The second-order valence-corrected chi connectivity index (χ2v) is 7.34. The molecule has 1 aliphatic heterocycles. The number of nitrogens with one attached hydrogen (secondary N) is 2. The highest BCUT2D eigenvalue weighted by Gasteiger charge is 2.24. The van der Waals surface area contributed by atoms with E-state index in [4.69, 9.17) is 4.74 Å². The predicted octanol–water partition coefficient (Wildman–Crippen LogP) is 3.71. The Kier molecular flexibility index (Phi) is 4.86. The molecule has 2 N–H and O–H groups in total. The first-order valence-electron chi connectivity index (χ1n) is 8.61. The topological polar surface area (TPSA) is 50.4 Å². The molecule has 0 aliphatic carbocycles. The Morgan fingerprint density at radius 1 is 1.23 bits per heavy atom. The number of hydrogen-bond donors (Lipinski definition) is 2. The summed E-state index contributed by atoms with van der Waals surface area (Å²) in [5.41, 5.74) is 0.607. The molecule has 0 bridgehead atoms. The van der Waals surface area contributed by atoms with Crippen molar-refractivity contribution in [1.29, 1.82) is 0 Å². The lowest BCUT2D eigenvalue weighted by molar-refractivity contribution is 0.0942. The minimum atomic E-state index is -0.327. The van der Waals surface area contributed by atoms with Gasteiger partial charge in [-0.3, -0.25) is 4.79 Å². The third kappa shape index (κ3) is 3.43. The second kappa shape index (κ2) is 7.43. The minimum Gasteiger partial charge on any atom is -0.489 e. The molecule has 1 amide bonds. The molecule has 1 atom stereocenters. The van der Waals surface area contributed by atoms with Crippen LogP contribution in [0.5, 0.6) is 5.75 Å². The van der Waals surface area contributed by atoms with E-state index in [0.29, 0.717) is 21.6 Å². The van der Waals surface area contributed by atoms with Crippen molar-refractivity contribution >= 4 is 27.3 Å². The third-order valence-corrected chi connectivity index (χ3v) is 5.69. The lowest BCUT2D eigenvalue weighted by Crippen LogP contribution is -2.36. The fourth-order valence-electron chi connectivity index (χ4n) is 3.19.